The van der Waals surface area contributed by atoms with Gasteiger partial charge in [0, 0.05) is 6.54 Å². The molecular weight excluding hydrogens is 381 g/mol. The van der Waals surface area contributed by atoms with Crippen LogP contribution >= 0.6 is 0 Å². The molecule has 0 bridgehead atoms. The third-order valence-corrected chi connectivity index (χ3v) is 6.16. The van der Waals surface area contributed by atoms with Gasteiger partial charge >= 0.3 is 5.97 Å². The molecule has 1 fully saturated rings. The van der Waals surface area contributed by atoms with E-state index in [1.54, 1.807) is 24.3 Å². The van der Waals surface area contributed by atoms with Gasteiger partial charge in [0.15, 0.2) is 0 Å². The number of carboxylic acid groups (broad SMARTS) is 1. The van der Waals surface area contributed by atoms with Crippen molar-refractivity contribution in [3.63, 3.8) is 0 Å². The molecule has 0 atom stereocenters. The Labute approximate surface area is 176 Å². The highest BCUT2D eigenvalue weighted by Gasteiger charge is 2.24. The van der Waals surface area contributed by atoms with Gasteiger partial charge in [0.2, 0.25) is 0 Å². The molecule has 30 heavy (non-hydrogen) atoms. The van der Waals surface area contributed by atoms with Crippen molar-refractivity contribution >= 4 is 17.4 Å². The monoisotopic (exact) mass is 409 g/mol. The van der Waals surface area contributed by atoms with E-state index in [1.807, 2.05) is 11.1 Å². The number of hydrogen-bond acceptors (Lipinski definition) is 4. The largest absolute Gasteiger partial charge is 0.478 e. The fourth-order valence-electron chi connectivity index (χ4n) is 4.29. The second-order valence-corrected chi connectivity index (χ2v) is 8.02. The number of hydrogen-bond donors (Lipinski definition) is 2. The van der Waals surface area contributed by atoms with Gasteiger partial charge in [0.25, 0.3) is 0 Å². The van der Waals surface area contributed by atoms with Crippen molar-refractivity contribution in [2.24, 2.45) is 5.92 Å². The van der Waals surface area contributed by atoms with Crippen LogP contribution in [0.2, 0.25) is 0 Å². The van der Waals surface area contributed by atoms with Gasteiger partial charge in [-0.15, -0.1) is 0 Å². The molecule has 5 nitrogen and oxygen atoms in total. The van der Waals surface area contributed by atoms with E-state index in [0.717, 1.165) is 61.5 Å². The summed E-state index contributed by atoms with van der Waals surface area (Å²) in [6.45, 7) is 6.40. The molecule has 0 radical (unpaired) electrons. The molecule has 2 heterocycles. The molecule has 2 aliphatic rings. The average molecular weight is 410 g/mol. The molecule has 0 spiro atoms. The van der Waals surface area contributed by atoms with Crippen LogP contribution in [-0.2, 0) is 6.42 Å². The third kappa shape index (κ3) is 4.40. The number of nitrogens with one attached hydrogen (secondary N) is 1. The van der Waals surface area contributed by atoms with Crippen molar-refractivity contribution in [1.82, 2.24) is 10.3 Å². The van der Waals surface area contributed by atoms with Crippen LogP contribution in [-0.4, -0.2) is 42.2 Å². The number of carboxylic acids is 1. The molecule has 2 aromatic rings. The number of allylic oxidation sites excluding steroid dienone is 1. The Hall–Kier alpha value is -2.70. The predicted octanol–water partition coefficient (Wildman–Crippen LogP) is 4.16. The van der Waals surface area contributed by atoms with Gasteiger partial charge in [-0.25, -0.2) is 14.6 Å². The van der Waals surface area contributed by atoms with Crippen LogP contribution in [0.5, 0.6) is 0 Å². The molecule has 0 saturated carbocycles. The first-order valence-corrected chi connectivity index (χ1v) is 10.6. The Morgan fingerprint density at radius 1 is 1.17 bits per heavy atom. The number of hydrazine groups is 1. The second kappa shape index (κ2) is 8.98. The zero-order valence-electron chi connectivity index (χ0n) is 17.3. The van der Waals surface area contributed by atoms with Crippen LogP contribution in [0.25, 0.3) is 5.70 Å². The van der Waals surface area contributed by atoms with Gasteiger partial charge in [0.05, 0.1) is 16.9 Å². The van der Waals surface area contributed by atoms with Crippen LogP contribution in [0.1, 0.15) is 41.3 Å². The maximum Gasteiger partial charge on any atom is 0.335 e. The fourth-order valence-corrected chi connectivity index (χ4v) is 4.29. The summed E-state index contributed by atoms with van der Waals surface area (Å²) in [6, 6.07) is 11.8. The first-order chi connectivity index (χ1) is 14.5. The first-order valence-electron chi connectivity index (χ1n) is 10.6. The van der Waals surface area contributed by atoms with E-state index in [4.69, 9.17) is 0 Å². The molecule has 6 heteroatoms. The minimum atomic E-state index is -0.923. The van der Waals surface area contributed by atoms with Gasteiger partial charge < -0.3 is 10.0 Å². The maximum atomic E-state index is 13.5. The van der Waals surface area contributed by atoms with Crippen molar-refractivity contribution in [1.29, 1.82) is 0 Å². The summed E-state index contributed by atoms with van der Waals surface area (Å²) in [6.07, 6.45) is 5.04. The average Bonchev–Trinajstić information content (AvgIpc) is 2.78. The molecule has 158 valence electrons. The molecule has 2 N–H and O–H groups in total. The summed E-state index contributed by atoms with van der Waals surface area (Å²) in [7, 11) is 0. The van der Waals surface area contributed by atoms with E-state index in [0.29, 0.717) is 17.9 Å². The van der Waals surface area contributed by atoms with E-state index in [2.05, 4.69) is 23.3 Å². The first kappa shape index (κ1) is 20.6. The van der Waals surface area contributed by atoms with Gasteiger partial charge in [-0.1, -0.05) is 13.0 Å². The number of aromatic carboxylic acids is 1. The van der Waals surface area contributed by atoms with E-state index in [1.165, 1.54) is 12.1 Å². The normalized spacial score (nSPS) is 17.5. The number of anilines is 1. The zero-order valence-corrected chi connectivity index (χ0v) is 17.3. The molecule has 0 aliphatic carbocycles. The van der Waals surface area contributed by atoms with Gasteiger partial charge in [-0.3, -0.25) is 5.01 Å². The van der Waals surface area contributed by atoms with Crippen molar-refractivity contribution in [2.75, 3.05) is 31.2 Å². The van der Waals surface area contributed by atoms with E-state index in [-0.39, 0.29) is 5.82 Å². The van der Waals surface area contributed by atoms with Crippen LogP contribution < -0.4 is 10.4 Å². The Balaban J connectivity index is 1.58. The van der Waals surface area contributed by atoms with E-state index < -0.39 is 5.97 Å². The number of rotatable bonds is 6. The zero-order chi connectivity index (χ0) is 21.1. The van der Waals surface area contributed by atoms with Gasteiger partial charge in [0.1, 0.15) is 5.82 Å². The lowest BCUT2D eigenvalue weighted by molar-refractivity contribution is 0.0697. The highest BCUT2D eigenvalue weighted by Crippen LogP contribution is 2.34. The number of benzene rings is 2. The van der Waals surface area contributed by atoms with Crippen LogP contribution in [0, 0.1) is 11.7 Å². The van der Waals surface area contributed by atoms with Gasteiger partial charge in [-0.2, -0.15) is 0 Å². The van der Waals surface area contributed by atoms with Crippen LogP contribution in [0.15, 0.2) is 48.5 Å². The van der Waals surface area contributed by atoms with E-state index >= 15 is 0 Å². The lowest BCUT2D eigenvalue weighted by Crippen LogP contribution is -2.44. The number of fused-ring (bicyclic) bond motifs is 1. The minimum absolute atomic E-state index is 0.260. The highest BCUT2D eigenvalue weighted by molar-refractivity contribution is 5.90. The van der Waals surface area contributed by atoms with Crippen LogP contribution in [0.3, 0.4) is 0 Å². The molecule has 1 saturated heterocycles. The highest BCUT2D eigenvalue weighted by atomic mass is 19.1. The number of likely N-dealkylation sites (tertiary alicyclic amines) is 1. The third-order valence-electron chi connectivity index (χ3n) is 6.16. The molecule has 4 rings (SSSR count). The summed E-state index contributed by atoms with van der Waals surface area (Å²) in [5.74, 6) is -0.594. The molecule has 0 amide bonds. The van der Waals surface area contributed by atoms with Crippen LogP contribution in [0.4, 0.5) is 10.1 Å². The minimum Gasteiger partial charge on any atom is -0.478 e. The maximum absolute atomic E-state index is 13.5. The predicted molar refractivity (Wildman–Crippen MR) is 117 cm³/mol. The number of piperidine rings is 1. The van der Waals surface area contributed by atoms with Crippen molar-refractivity contribution in [3.8, 4) is 0 Å². The summed E-state index contributed by atoms with van der Waals surface area (Å²) in [5.41, 5.74) is 7.70. The summed E-state index contributed by atoms with van der Waals surface area (Å²) >= 11 is 0. The van der Waals surface area contributed by atoms with E-state index in [9.17, 15) is 14.3 Å². The van der Waals surface area contributed by atoms with Crippen molar-refractivity contribution in [2.45, 2.75) is 26.2 Å². The second-order valence-electron chi connectivity index (χ2n) is 8.02. The summed E-state index contributed by atoms with van der Waals surface area (Å²) in [4.78, 5) is 13.9. The lowest BCUT2D eigenvalue weighted by atomic mass is 9.96. The quantitative estimate of drug-likeness (QED) is 0.750. The SMILES string of the molecule is CCN1CCC(CNN2C(c3ccc(F)cc3)=CCc3cc(C(=O)O)ccc32)CC1. The molecular formula is C24H28FN3O2. The van der Waals surface area contributed by atoms with Gasteiger partial charge in [-0.05, 0) is 98.4 Å². The summed E-state index contributed by atoms with van der Waals surface area (Å²) in [5, 5.41) is 11.4. The molecule has 2 aliphatic heterocycles. The Morgan fingerprint density at radius 3 is 2.57 bits per heavy atom. The Morgan fingerprint density at radius 2 is 1.90 bits per heavy atom. The summed E-state index contributed by atoms with van der Waals surface area (Å²) < 4.78 is 13.5. The molecule has 0 aromatic heterocycles. The molecule has 2 aromatic carbocycles. The van der Waals surface area contributed by atoms with Crippen molar-refractivity contribution in [3.05, 3.63) is 71.0 Å². The lowest BCUT2D eigenvalue weighted by Gasteiger charge is -2.36. The number of nitrogens with zero attached hydrogens (tertiary/aromatic N) is 2. The topological polar surface area (TPSA) is 55.8 Å². The standard InChI is InChI=1S/C24H28FN3O2/c1-2-27-13-11-17(12-14-27)16-26-28-22(18-3-7-21(25)8-4-18)9-5-19-15-20(24(29)30)6-10-23(19)28/h3-4,6-10,15,17,26H,2,5,11-14,16H2,1H3,(H,29,30). The fraction of sp³-hybridized carbons (Fsp3) is 0.375. The molecule has 0 unspecified atom stereocenters. The Bertz CT molecular complexity index is 934. The number of carbonyl (C=O) groups is 1. The Kier molecular flexibility index (Phi) is 6.16. The number of halogens is 1. The van der Waals surface area contributed by atoms with Crippen molar-refractivity contribution < 1.29 is 14.3 Å². The smallest absolute Gasteiger partial charge is 0.335 e.